The third-order valence-electron chi connectivity index (χ3n) is 8.32. The lowest BCUT2D eigenvalue weighted by atomic mass is 9.87. The van der Waals surface area contributed by atoms with E-state index in [0.29, 0.717) is 41.2 Å². The van der Waals surface area contributed by atoms with Crippen molar-refractivity contribution in [3.63, 3.8) is 0 Å². The lowest BCUT2D eigenvalue weighted by Gasteiger charge is -2.24. The van der Waals surface area contributed by atoms with Crippen molar-refractivity contribution in [2.24, 2.45) is 5.92 Å². The van der Waals surface area contributed by atoms with Crippen LogP contribution in [0.25, 0.3) is 21.9 Å². The van der Waals surface area contributed by atoms with Gasteiger partial charge in [-0.1, -0.05) is 19.6 Å². The first-order valence-electron chi connectivity index (χ1n) is 15.1. The summed E-state index contributed by atoms with van der Waals surface area (Å²) >= 11 is 0. The number of fused-ring (bicyclic) bond motifs is 2. The Morgan fingerprint density at radius 2 is 1.89 bits per heavy atom. The summed E-state index contributed by atoms with van der Waals surface area (Å²) < 4.78 is 26.8. The standard InChI is InChI=1S/C34H42N4O6Si/c1-21-16-27(41-5)28(23-12-13-37(29(21)23)32(40)44-33(2,3)4)34(18-24(34)30(39)42-6)31-36-25-17-22(19-35)10-11-26(25)38(31)20-43-14-15-45(7,8)9/h10-13,16-17,24H,14-15,18,20H2,1-9H3. The molecule has 238 valence electrons. The Bertz CT molecular complexity index is 1840. The van der Waals surface area contributed by atoms with Gasteiger partial charge in [-0.2, -0.15) is 5.26 Å². The predicted octanol–water partition coefficient (Wildman–Crippen LogP) is 6.75. The zero-order chi connectivity index (χ0) is 32.9. The van der Waals surface area contributed by atoms with Gasteiger partial charge in [-0.15, -0.1) is 0 Å². The van der Waals surface area contributed by atoms with Crippen molar-refractivity contribution in [1.29, 1.82) is 5.26 Å². The Hall–Kier alpha value is -4.14. The zero-order valence-corrected chi connectivity index (χ0v) is 28.6. The van der Waals surface area contributed by atoms with E-state index in [2.05, 4.69) is 25.7 Å². The van der Waals surface area contributed by atoms with Crippen molar-refractivity contribution in [1.82, 2.24) is 14.1 Å². The minimum Gasteiger partial charge on any atom is -0.496 e. The van der Waals surface area contributed by atoms with E-state index in [1.54, 1.807) is 25.4 Å². The van der Waals surface area contributed by atoms with E-state index in [9.17, 15) is 14.9 Å². The van der Waals surface area contributed by atoms with Crippen LogP contribution >= 0.6 is 0 Å². The zero-order valence-electron chi connectivity index (χ0n) is 27.6. The number of carbonyl (C=O) groups excluding carboxylic acids is 2. The topological polar surface area (TPSA) is 118 Å². The normalized spacial score (nSPS) is 18.2. The van der Waals surface area contributed by atoms with Crippen LogP contribution in [0.15, 0.2) is 36.5 Å². The first-order valence-corrected chi connectivity index (χ1v) is 18.8. The highest BCUT2D eigenvalue weighted by Gasteiger charge is 2.65. The second kappa shape index (κ2) is 11.7. The van der Waals surface area contributed by atoms with Gasteiger partial charge < -0.3 is 23.5 Å². The summed E-state index contributed by atoms with van der Waals surface area (Å²) in [6, 6.07) is 12.3. The molecule has 2 heterocycles. The van der Waals surface area contributed by atoms with Gasteiger partial charge in [0.1, 0.15) is 23.9 Å². The van der Waals surface area contributed by atoms with Crippen molar-refractivity contribution in [3.8, 4) is 11.8 Å². The molecule has 10 nitrogen and oxygen atoms in total. The molecule has 2 aromatic heterocycles. The molecule has 0 saturated heterocycles. The molecule has 2 aromatic carbocycles. The van der Waals surface area contributed by atoms with Gasteiger partial charge >= 0.3 is 12.1 Å². The molecule has 1 fully saturated rings. The molecular formula is C34H42N4O6Si. The number of methoxy groups -OCH3 is 2. The van der Waals surface area contributed by atoms with Crippen molar-refractivity contribution in [3.05, 3.63) is 59.0 Å². The second-order valence-electron chi connectivity index (χ2n) is 14.0. The highest BCUT2D eigenvalue weighted by atomic mass is 28.3. The van der Waals surface area contributed by atoms with E-state index in [1.807, 2.05) is 50.5 Å². The van der Waals surface area contributed by atoms with E-state index in [-0.39, 0.29) is 12.7 Å². The molecule has 0 amide bonds. The number of benzene rings is 2. The maximum absolute atomic E-state index is 13.4. The van der Waals surface area contributed by atoms with Crippen molar-refractivity contribution in [2.75, 3.05) is 20.8 Å². The highest BCUT2D eigenvalue weighted by molar-refractivity contribution is 6.76. The van der Waals surface area contributed by atoms with Gasteiger partial charge in [0.15, 0.2) is 0 Å². The molecule has 5 rings (SSSR count). The molecule has 1 aliphatic carbocycles. The molecule has 4 aromatic rings. The van der Waals surface area contributed by atoms with Crippen molar-refractivity contribution < 1.29 is 28.5 Å². The lowest BCUT2D eigenvalue weighted by Crippen LogP contribution is -2.27. The number of nitrogens with zero attached hydrogens (tertiary/aromatic N) is 4. The molecule has 0 bridgehead atoms. The quantitative estimate of drug-likeness (QED) is 0.113. The number of hydrogen-bond acceptors (Lipinski definition) is 8. The maximum Gasteiger partial charge on any atom is 0.419 e. The Morgan fingerprint density at radius 1 is 1.16 bits per heavy atom. The van der Waals surface area contributed by atoms with Gasteiger partial charge in [0.2, 0.25) is 0 Å². The minimum absolute atomic E-state index is 0.216. The number of esters is 1. The van der Waals surface area contributed by atoms with Crippen LogP contribution in [0.4, 0.5) is 4.79 Å². The Balaban J connectivity index is 1.76. The van der Waals surface area contributed by atoms with E-state index in [0.717, 1.165) is 28.1 Å². The monoisotopic (exact) mass is 630 g/mol. The lowest BCUT2D eigenvalue weighted by molar-refractivity contribution is -0.142. The number of ether oxygens (including phenoxy) is 4. The second-order valence-corrected chi connectivity index (χ2v) is 19.6. The number of hydrogen-bond donors (Lipinski definition) is 0. The van der Waals surface area contributed by atoms with E-state index in [1.165, 1.54) is 11.7 Å². The molecule has 2 atom stereocenters. The van der Waals surface area contributed by atoms with Gasteiger partial charge in [-0.25, -0.2) is 9.78 Å². The van der Waals surface area contributed by atoms with E-state index in [4.69, 9.17) is 23.9 Å². The smallest absolute Gasteiger partial charge is 0.419 e. The molecule has 0 aliphatic heterocycles. The van der Waals surface area contributed by atoms with Gasteiger partial charge in [0.25, 0.3) is 0 Å². The minimum atomic E-state index is -1.34. The summed E-state index contributed by atoms with van der Waals surface area (Å²) in [5.74, 6) is 0.252. The van der Waals surface area contributed by atoms with Crippen LogP contribution < -0.4 is 4.74 Å². The fraction of sp³-hybridized carbons (Fsp3) is 0.471. The van der Waals surface area contributed by atoms with Crippen LogP contribution in [0.1, 0.15) is 49.7 Å². The summed E-state index contributed by atoms with van der Waals surface area (Å²) in [7, 11) is 1.64. The van der Waals surface area contributed by atoms with Gasteiger partial charge in [0.05, 0.1) is 53.7 Å². The Morgan fingerprint density at radius 3 is 2.51 bits per heavy atom. The predicted molar refractivity (Wildman–Crippen MR) is 174 cm³/mol. The molecular weight excluding hydrogens is 588 g/mol. The SMILES string of the molecule is COC(=O)C1CC1(c1c(OC)cc(C)c2c1ccn2C(=O)OC(C)(C)C)c1nc2cc(C#N)ccc2n1COCC[Si](C)(C)C. The molecule has 1 saturated carbocycles. The number of nitriles is 1. The molecule has 45 heavy (non-hydrogen) atoms. The average molecular weight is 631 g/mol. The summed E-state index contributed by atoms with van der Waals surface area (Å²) in [5, 5.41) is 10.4. The molecule has 11 heteroatoms. The Kier molecular flexibility index (Phi) is 8.35. The number of rotatable bonds is 9. The molecule has 1 aliphatic rings. The maximum atomic E-state index is 13.4. The number of imidazole rings is 1. The summed E-state index contributed by atoms with van der Waals surface area (Å²) in [4.78, 5) is 31.8. The van der Waals surface area contributed by atoms with Crippen LogP contribution in [-0.2, 0) is 31.2 Å². The first kappa shape index (κ1) is 32.3. The third kappa shape index (κ3) is 5.96. The van der Waals surface area contributed by atoms with Crippen LogP contribution in [0, 0.1) is 24.2 Å². The van der Waals surface area contributed by atoms with Crippen LogP contribution in [0.5, 0.6) is 5.75 Å². The fourth-order valence-electron chi connectivity index (χ4n) is 6.12. The molecule has 0 spiro atoms. The van der Waals surface area contributed by atoms with Crippen molar-refractivity contribution >= 4 is 42.1 Å². The third-order valence-corrected chi connectivity index (χ3v) is 10.0. The highest BCUT2D eigenvalue weighted by Crippen LogP contribution is 2.63. The first-order chi connectivity index (χ1) is 21.1. The van der Waals surface area contributed by atoms with Crippen molar-refractivity contribution in [2.45, 2.75) is 77.5 Å². The molecule has 0 radical (unpaired) electrons. The molecule has 2 unspecified atom stereocenters. The van der Waals surface area contributed by atoms with Gasteiger partial charge in [0, 0.05) is 31.8 Å². The van der Waals surface area contributed by atoms with Crippen LogP contribution in [-0.4, -0.2) is 60.7 Å². The number of aromatic nitrogens is 3. The summed E-state index contributed by atoms with van der Waals surface area (Å²) in [6.07, 6.45) is 1.60. The van der Waals surface area contributed by atoms with E-state index < -0.39 is 31.1 Å². The van der Waals surface area contributed by atoms with Crippen LogP contribution in [0.3, 0.4) is 0 Å². The van der Waals surface area contributed by atoms with Gasteiger partial charge in [-0.05, 0) is 76.1 Å². The number of carbonyl (C=O) groups is 2. The number of aryl methyl sites for hydroxylation is 1. The molecule has 0 N–H and O–H groups in total. The Labute approximate surface area is 264 Å². The summed E-state index contributed by atoms with van der Waals surface area (Å²) in [5.41, 5.74) is 2.47. The summed E-state index contributed by atoms with van der Waals surface area (Å²) in [6.45, 7) is 15.1. The average Bonchev–Trinajstić information content (AvgIpc) is 3.35. The van der Waals surface area contributed by atoms with Crippen LogP contribution in [0.2, 0.25) is 25.7 Å². The van der Waals surface area contributed by atoms with Gasteiger partial charge in [-0.3, -0.25) is 9.36 Å². The van der Waals surface area contributed by atoms with E-state index >= 15 is 0 Å². The largest absolute Gasteiger partial charge is 0.496 e. The fourth-order valence-corrected chi connectivity index (χ4v) is 6.88.